The maximum absolute atomic E-state index is 3.00. The molecule has 0 aromatic heterocycles. The van der Waals surface area contributed by atoms with E-state index >= 15 is 0 Å². The Kier molecular flexibility index (Phi) is 0.841. The highest BCUT2D eigenvalue weighted by Crippen LogP contribution is 2.20. The second-order valence-corrected chi connectivity index (χ2v) is 2.13. The van der Waals surface area contributed by atoms with Crippen LogP contribution in [0.2, 0.25) is 0 Å². The first-order chi connectivity index (χ1) is 4.47. The SMILES string of the molecule is C1#CC1c1ccccc1. The summed E-state index contributed by atoms with van der Waals surface area (Å²) in [7, 11) is 0. The molecule has 2 rings (SSSR count). The third-order valence-corrected chi connectivity index (χ3v) is 1.42. The molecule has 1 aliphatic rings. The van der Waals surface area contributed by atoms with Gasteiger partial charge in [-0.1, -0.05) is 42.2 Å². The molecule has 9 heavy (non-hydrogen) atoms. The van der Waals surface area contributed by atoms with Crippen molar-refractivity contribution in [3.05, 3.63) is 35.9 Å². The second kappa shape index (κ2) is 1.63. The zero-order valence-corrected chi connectivity index (χ0v) is 4.96. The van der Waals surface area contributed by atoms with Gasteiger partial charge in [0.1, 0.15) is 5.92 Å². The van der Waals surface area contributed by atoms with Crippen LogP contribution in [0.25, 0.3) is 0 Å². The van der Waals surface area contributed by atoms with E-state index in [9.17, 15) is 0 Å². The van der Waals surface area contributed by atoms with Gasteiger partial charge in [0, 0.05) is 0 Å². The van der Waals surface area contributed by atoms with Crippen molar-refractivity contribution in [2.75, 3.05) is 0 Å². The summed E-state index contributed by atoms with van der Waals surface area (Å²) in [5.74, 6) is 6.41. The lowest BCUT2D eigenvalue weighted by Crippen LogP contribution is -1.77. The Labute approximate surface area is 54.5 Å². The molecule has 1 aromatic carbocycles. The molecule has 0 radical (unpaired) electrons. The Balaban J connectivity index is 2.30. The molecular weight excluding hydrogens is 108 g/mol. The van der Waals surface area contributed by atoms with Crippen molar-refractivity contribution < 1.29 is 0 Å². The van der Waals surface area contributed by atoms with E-state index in [2.05, 4.69) is 24.0 Å². The maximum Gasteiger partial charge on any atom is 0.106 e. The quantitative estimate of drug-likeness (QED) is 0.488. The van der Waals surface area contributed by atoms with Crippen molar-refractivity contribution in [1.29, 1.82) is 0 Å². The van der Waals surface area contributed by atoms with Crippen LogP contribution in [0.3, 0.4) is 0 Å². The molecule has 1 aromatic rings. The Morgan fingerprint density at radius 3 is 2.22 bits per heavy atom. The van der Waals surface area contributed by atoms with Gasteiger partial charge in [-0.15, -0.1) is 0 Å². The van der Waals surface area contributed by atoms with E-state index in [4.69, 9.17) is 0 Å². The molecule has 0 saturated heterocycles. The van der Waals surface area contributed by atoms with E-state index in [1.54, 1.807) is 0 Å². The lowest BCUT2D eigenvalue weighted by molar-refractivity contribution is 1.26. The molecule has 42 valence electrons. The topological polar surface area (TPSA) is 0 Å². The van der Waals surface area contributed by atoms with Crippen molar-refractivity contribution in [3.8, 4) is 11.8 Å². The van der Waals surface area contributed by atoms with E-state index in [1.165, 1.54) is 5.56 Å². The van der Waals surface area contributed by atoms with Crippen LogP contribution in [0.1, 0.15) is 11.5 Å². The van der Waals surface area contributed by atoms with Crippen LogP contribution >= 0.6 is 0 Å². The normalized spacial score (nSPS) is 14.2. The molecule has 0 unspecified atom stereocenters. The molecule has 0 spiro atoms. The first-order valence-corrected chi connectivity index (χ1v) is 3.03. The lowest BCUT2D eigenvalue weighted by Gasteiger charge is -1.91. The van der Waals surface area contributed by atoms with E-state index in [0.29, 0.717) is 5.92 Å². The minimum Gasteiger partial charge on any atom is -0.0802 e. The molecule has 0 N–H and O–H groups in total. The summed E-state index contributed by atoms with van der Waals surface area (Å²) in [6, 6.07) is 10.3. The minimum absolute atomic E-state index is 0.409. The van der Waals surface area contributed by atoms with Crippen molar-refractivity contribution in [2.24, 2.45) is 0 Å². The molecular formula is C9H6. The summed E-state index contributed by atoms with van der Waals surface area (Å²) in [4.78, 5) is 0. The largest absolute Gasteiger partial charge is 0.106 e. The van der Waals surface area contributed by atoms with Gasteiger partial charge in [-0.25, -0.2) is 0 Å². The standard InChI is InChI=1S/C9H6/c1-2-4-8(5-3-1)9-6-7-9/h1-5,9H. The van der Waals surface area contributed by atoms with Crippen LogP contribution in [-0.2, 0) is 0 Å². The van der Waals surface area contributed by atoms with E-state index in [-0.39, 0.29) is 0 Å². The van der Waals surface area contributed by atoms with Crippen LogP contribution in [0.4, 0.5) is 0 Å². The van der Waals surface area contributed by atoms with Gasteiger partial charge in [0.2, 0.25) is 0 Å². The van der Waals surface area contributed by atoms with Gasteiger partial charge in [0.15, 0.2) is 0 Å². The fraction of sp³-hybridized carbons (Fsp3) is 0.111. The third-order valence-electron chi connectivity index (χ3n) is 1.42. The Morgan fingerprint density at radius 1 is 1.00 bits per heavy atom. The van der Waals surface area contributed by atoms with Crippen LogP contribution in [0.5, 0.6) is 0 Å². The molecule has 0 nitrogen and oxygen atoms in total. The van der Waals surface area contributed by atoms with Crippen LogP contribution in [0.15, 0.2) is 30.3 Å². The van der Waals surface area contributed by atoms with Gasteiger partial charge in [0.25, 0.3) is 0 Å². The van der Waals surface area contributed by atoms with Crippen molar-refractivity contribution in [3.63, 3.8) is 0 Å². The predicted octanol–water partition coefficient (Wildman–Crippen LogP) is 1.79. The molecule has 0 bridgehead atoms. The van der Waals surface area contributed by atoms with Gasteiger partial charge < -0.3 is 0 Å². The highest BCUT2D eigenvalue weighted by molar-refractivity contribution is 5.46. The highest BCUT2D eigenvalue weighted by atomic mass is 14.1. The molecule has 0 heterocycles. The van der Waals surface area contributed by atoms with E-state index in [1.807, 2.05) is 18.2 Å². The molecule has 0 atom stereocenters. The second-order valence-electron chi connectivity index (χ2n) is 2.13. The van der Waals surface area contributed by atoms with E-state index < -0.39 is 0 Å². The van der Waals surface area contributed by atoms with Crippen molar-refractivity contribution in [2.45, 2.75) is 5.92 Å². The fourth-order valence-electron chi connectivity index (χ4n) is 0.854. The smallest absolute Gasteiger partial charge is 0.0802 e. The Morgan fingerprint density at radius 2 is 1.67 bits per heavy atom. The zero-order chi connectivity index (χ0) is 6.10. The van der Waals surface area contributed by atoms with Gasteiger partial charge >= 0.3 is 0 Å². The molecule has 0 fully saturated rings. The Hall–Kier alpha value is -1.22. The third kappa shape index (κ3) is 0.816. The summed E-state index contributed by atoms with van der Waals surface area (Å²) in [5.41, 5.74) is 1.30. The maximum atomic E-state index is 3.00. The highest BCUT2D eigenvalue weighted by Gasteiger charge is 2.10. The van der Waals surface area contributed by atoms with Crippen LogP contribution < -0.4 is 0 Å². The summed E-state index contributed by atoms with van der Waals surface area (Å²) >= 11 is 0. The van der Waals surface area contributed by atoms with Gasteiger partial charge in [-0.05, 0) is 5.56 Å². The number of benzene rings is 1. The summed E-state index contributed by atoms with van der Waals surface area (Å²) < 4.78 is 0. The van der Waals surface area contributed by atoms with Crippen LogP contribution in [0, 0.1) is 11.8 Å². The molecule has 0 aliphatic heterocycles. The molecule has 0 heteroatoms. The van der Waals surface area contributed by atoms with Crippen LogP contribution in [-0.4, -0.2) is 0 Å². The molecule has 1 aliphatic carbocycles. The van der Waals surface area contributed by atoms with Gasteiger partial charge in [-0.2, -0.15) is 0 Å². The average Bonchev–Trinajstić information content (AvgIpc) is 2.71. The first kappa shape index (κ1) is 4.64. The zero-order valence-electron chi connectivity index (χ0n) is 4.96. The fourth-order valence-corrected chi connectivity index (χ4v) is 0.854. The molecule has 0 amide bonds. The van der Waals surface area contributed by atoms with Gasteiger partial charge in [0.05, 0.1) is 0 Å². The summed E-state index contributed by atoms with van der Waals surface area (Å²) in [6.45, 7) is 0. The predicted molar refractivity (Wildman–Crippen MR) is 37.0 cm³/mol. The van der Waals surface area contributed by atoms with Gasteiger partial charge in [-0.3, -0.25) is 0 Å². The first-order valence-electron chi connectivity index (χ1n) is 3.03. The minimum atomic E-state index is 0.409. The Bertz CT molecular complexity index is 253. The van der Waals surface area contributed by atoms with Crippen molar-refractivity contribution >= 4 is 0 Å². The lowest BCUT2D eigenvalue weighted by atomic mass is 10.1. The summed E-state index contributed by atoms with van der Waals surface area (Å²) in [6.07, 6.45) is 0. The van der Waals surface area contributed by atoms with E-state index in [0.717, 1.165) is 0 Å². The number of hydrogen-bond donors (Lipinski definition) is 0. The number of hydrogen-bond acceptors (Lipinski definition) is 0. The van der Waals surface area contributed by atoms with Crippen molar-refractivity contribution in [1.82, 2.24) is 0 Å². The summed E-state index contributed by atoms with van der Waals surface area (Å²) in [5, 5.41) is 0. The average molecular weight is 114 g/mol. The number of rotatable bonds is 1. The molecule has 0 saturated carbocycles. The monoisotopic (exact) mass is 114 g/mol.